The predicted octanol–water partition coefficient (Wildman–Crippen LogP) is 2.38. The van der Waals surface area contributed by atoms with Gasteiger partial charge in [0.1, 0.15) is 5.69 Å². The Bertz CT molecular complexity index is 710. The Kier molecular flexibility index (Phi) is 3.20. The number of hydrogen-bond acceptors (Lipinski definition) is 5. The van der Waals surface area contributed by atoms with E-state index in [9.17, 15) is 4.79 Å². The van der Waals surface area contributed by atoms with E-state index in [0.717, 1.165) is 5.56 Å². The van der Waals surface area contributed by atoms with Crippen molar-refractivity contribution in [1.29, 1.82) is 0 Å². The van der Waals surface area contributed by atoms with Gasteiger partial charge in [0, 0.05) is 24.0 Å². The summed E-state index contributed by atoms with van der Waals surface area (Å²) < 4.78 is 5.04. The highest BCUT2D eigenvalue weighted by molar-refractivity contribution is 6.02. The van der Waals surface area contributed by atoms with Crippen molar-refractivity contribution in [2.24, 2.45) is 0 Å². The molecule has 0 spiro atoms. The maximum Gasteiger partial charge on any atom is 0.295 e. The van der Waals surface area contributed by atoms with Crippen LogP contribution in [0.25, 0.3) is 11.3 Å². The third-order valence-electron chi connectivity index (χ3n) is 2.61. The molecule has 0 saturated heterocycles. The van der Waals surface area contributed by atoms with Crippen LogP contribution in [-0.4, -0.2) is 21.0 Å². The maximum absolute atomic E-state index is 11.9. The Labute approximate surface area is 114 Å². The first-order valence-electron chi connectivity index (χ1n) is 5.92. The predicted molar refractivity (Wildman–Crippen MR) is 71.9 cm³/mol. The molecule has 0 radical (unpaired) electrons. The molecule has 0 saturated carbocycles. The van der Waals surface area contributed by atoms with E-state index in [1.807, 2.05) is 30.3 Å². The lowest BCUT2D eigenvalue weighted by Gasteiger charge is -1.98. The number of nitrogens with zero attached hydrogens (tertiary/aromatic N) is 3. The summed E-state index contributed by atoms with van der Waals surface area (Å²) in [7, 11) is 0. The van der Waals surface area contributed by atoms with Crippen LogP contribution in [0.2, 0.25) is 0 Å². The Balaban J connectivity index is 1.79. The Morgan fingerprint density at radius 3 is 2.75 bits per heavy atom. The zero-order valence-corrected chi connectivity index (χ0v) is 10.4. The van der Waals surface area contributed by atoms with E-state index >= 15 is 0 Å². The van der Waals surface area contributed by atoms with Gasteiger partial charge in [-0.3, -0.25) is 9.78 Å². The summed E-state index contributed by atoms with van der Waals surface area (Å²) in [6.07, 6.45) is 4.47. The fourth-order valence-corrected chi connectivity index (χ4v) is 1.67. The normalized spacial score (nSPS) is 10.2. The summed E-state index contributed by atoms with van der Waals surface area (Å²) >= 11 is 0. The SMILES string of the molecule is O=C(Nc1cnccn1)c1cc(-c2ccccc2)no1. The molecule has 0 aliphatic heterocycles. The van der Waals surface area contributed by atoms with Gasteiger partial charge in [-0.2, -0.15) is 0 Å². The average Bonchev–Trinajstić information content (AvgIpc) is 2.99. The van der Waals surface area contributed by atoms with Crippen LogP contribution in [0.1, 0.15) is 10.6 Å². The van der Waals surface area contributed by atoms with E-state index in [-0.39, 0.29) is 5.76 Å². The third-order valence-corrected chi connectivity index (χ3v) is 2.61. The molecule has 0 atom stereocenters. The van der Waals surface area contributed by atoms with Crippen LogP contribution in [0.15, 0.2) is 59.5 Å². The number of hydrogen-bond donors (Lipinski definition) is 1. The van der Waals surface area contributed by atoms with Crippen LogP contribution in [0.4, 0.5) is 5.82 Å². The largest absolute Gasteiger partial charge is 0.350 e. The van der Waals surface area contributed by atoms with Crippen molar-refractivity contribution in [3.63, 3.8) is 0 Å². The van der Waals surface area contributed by atoms with Crippen LogP contribution in [0, 0.1) is 0 Å². The molecule has 1 aromatic carbocycles. The molecule has 3 rings (SSSR count). The number of aromatic nitrogens is 3. The summed E-state index contributed by atoms with van der Waals surface area (Å²) in [6, 6.07) is 11.1. The molecule has 0 aliphatic rings. The van der Waals surface area contributed by atoms with Crippen LogP contribution < -0.4 is 5.32 Å². The van der Waals surface area contributed by atoms with Crippen LogP contribution >= 0.6 is 0 Å². The molecule has 98 valence electrons. The molecule has 6 heteroatoms. The summed E-state index contributed by atoms with van der Waals surface area (Å²) in [5, 5.41) is 6.45. The van der Waals surface area contributed by atoms with Gasteiger partial charge in [0.25, 0.3) is 5.91 Å². The lowest BCUT2D eigenvalue weighted by Crippen LogP contribution is -2.12. The molecular weight excluding hydrogens is 256 g/mol. The molecule has 2 heterocycles. The summed E-state index contributed by atoms with van der Waals surface area (Å²) in [4.78, 5) is 19.8. The second-order valence-electron chi connectivity index (χ2n) is 3.99. The number of anilines is 1. The first kappa shape index (κ1) is 12.0. The second-order valence-corrected chi connectivity index (χ2v) is 3.99. The monoisotopic (exact) mass is 266 g/mol. The number of amides is 1. The number of carbonyl (C=O) groups is 1. The van der Waals surface area contributed by atoms with Gasteiger partial charge in [-0.15, -0.1) is 0 Å². The summed E-state index contributed by atoms with van der Waals surface area (Å²) in [6.45, 7) is 0. The molecule has 6 nitrogen and oxygen atoms in total. The van der Waals surface area contributed by atoms with Crippen LogP contribution in [0.5, 0.6) is 0 Å². The molecule has 2 aromatic heterocycles. The lowest BCUT2D eigenvalue weighted by molar-refractivity contribution is 0.0987. The highest BCUT2D eigenvalue weighted by Gasteiger charge is 2.14. The Hall–Kier alpha value is -3.02. The smallest absolute Gasteiger partial charge is 0.295 e. The number of rotatable bonds is 3. The molecule has 0 unspecified atom stereocenters. The number of carbonyl (C=O) groups excluding carboxylic acids is 1. The average molecular weight is 266 g/mol. The fraction of sp³-hybridized carbons (Fsp3) is 0. The van der Waals surface area contributed by atoms with E-state index in [2.05, 4.69) is 20.4 Å². The minimum absolute atomic E-state index is 0.120. The van der Waals surface area contributed by atoms with Crippen molar-refractivity contribution >= 4 is 11.7 Å². The lowest BCUT2D eigenvalue weighted by atomic mass is 10.1. The molecule has 1 N–H and O–H groups in total. The van der Waals surface area contributed by atoms with Gasteiger partial charge < -0.3 is 9.84 Å². The van der Waals surface area contributed by atoms with E-state index in [1.165, 1.54) is 18.6 Å². The van der Waals surface area contributed by atoms with Gasteiger partial charge in [0.15, 0.2) is 5.82 Å². The molecule has 20 heavy (non-hydrogen) atoms. The molecular formula is C14H10N4O2. The highest BCUT2D eigenvalue weighted by atomic mass is 16.5. The van der Waals surface area contributed by atoms with Crippen molar-refractivity contribution in [2.45, 2.75) is 0 Å². The van der Waals surface area contributed by atoms with Gasteiger partial charge in [-0.05, 0) is 0 Å². The van der Waals surface area contributed by atoms with Gasteiger partial charge in [-0.25, -0.2) is 4.98 Å². The number of benzene rings is 1. The van der Waals surface area contributed by atoms with Crippen molar-refractivity contribution in [1.82, 2.24) is 15.1 Å². The van der Waals surface area contributed by atoms with Crippen LogP contribution in [-0.2, 0) is 0 Å². The highest BCUT2D eigenvalue weighted by Crippen LogP contribution is 2.18. The maximum atomic E-state index is 11.9. The minimum Gasteiger partial charge on any atom is -0.350 e. The van der Waals surface area contributed by atoms with Crippen molar-refractivity contribution in [3.05, 3.63) is 60.7 Å². The summed E-state index contributed by atoms with van der Waals surface area (Å²) in [5.74, 6) is 0.0600. The van der Waals surface area contributed by atoms with E-state index in [0.29, 0.717) is 11.5 Å². The van der Waals surface area contributed by atoms with Crippen LogP contribution in [0.3, 0.4) is 0 Å². The molecule has 0 bridgehead atoms. The van der Waals surface area contributed by atoms with Gasteiger partial charge in [0.05, 0.1) is 6.20 Å². The molecule has 0 fully saturated rings. The standard InChI is InChI=1S/C14H10N4O2/c19-14(17-13-9-15-6-7-16-13)12-8-11(18-20-12)10-4-2-1-3-5-10/h1-9H,(H,16,17,19). The van der Waals surface area contributed by atoms with E-state index in [4.69, 9.17) is 4.52 Å². The van der Waals surface area contributed by atoms with Gasteiger partial charge >= 0.3 is 0 Å². The zero-order valence-electron chi connectivity index (χ0n) is 10.4. The van der Waals surface area contributed by atoms with Gasteiger partial charge in [0.2, 0.25) is 5.76 Å². The number of nitrogens with one attached hydrogen (secondary N) is 1. The quantitative estimate of drug-likeness (QED) is 0.787. The Morgan fingerprint density at radius 2 is 2.00 bits per heavy atom. The first-order valence-corrected chi connectivity index (χ1v) is 5.92. The van der Waals surface area contributed by atoms with Crippen molar-refractivity contribution < 1.29 is 9.32 Å². The fourth-order valence-electron chi connectivity index (χ4n) is 1.67. The van der Waals surface area contributed by atoms with E-state index < -0.39 is 5.91 Å². The van der Waals surface area contributed by atoms with Crippen molar-refractivity contribution in [3.8, 4) is 11.3 Å². The molecule has 3 aromatic rings. The topological polar surface area (TPSA) is 80.9 Å². The molecule has 1 amide bonds. The summed E-state index contributed by atoms with van der Waals surface area (Å²) in [5.41, 5.74) is 1.49. The second kappa shape index (κ2) is 5.31. The molecule has 0 aliphatic carbocycles. The first-order chi connectivity index (χ1) is 9.83. The zero-order chi connectivity index (χ0) is 13.8. The Morgan fingerprint density at radius 1 is 1.15 bits per heavy atom. The minimum atomic E-state index is -0.416. The van der Waals surface area contributed by atoms with E-state index in [1.54, 1.807) is 6.07 Å². The van der Waals surface area contributed by atoms with Crippen molar-refractivity contribution in [2.75, 3.05) is 5.32 Å². The van der Waals surface area contributed by atoms with Gasteiger partial charge in [-0.1, -0.05) is 35.5 Å². The third kappa shape index (κ3) is 2.54.